The van der Waals surface area contributed by atoms with Crippen LogP contribution in [0.2, 0.25) is 0 Å². The topological polar surface area (TPSA) is 333 Å². The number of aliphatic hydroxyl groups excluding tert-OH is 8. The smallest absolute Gasteiger partial charge is 0.187 e. The monoisotopic (exact) mass is 629 g/mol. The summed E-state index contributed by atoms with van der Waals surface area (Å²) in [6, 6.07) is -3.90. The number of hydrogen-bond donors (Lipinski definition) is 13. The molecule has 19 unspecified atom stereocenters. The Kier molecular flexibility index (Phi) is 12.1. The third-order valence-corrected chi connectivity index (χ3v) is 8.65. The number of ether oxygens (including phenoxy) is 6. The molecule has 252 valence electrons. The molecule has 0 aromatic carbocycles. The lowest BCUT2D eigenvalue weighted by molar-refractivity contribution is -0.311. The van der Waals surface area contributed by atoms with Crippen molar-refractivity contribution >= 4 is 0 Å². The van der Waals surface area contributed by atoms with Gasteiger partial charge in [0.2, 0.25) is 0 Å². The van der Waals surface area contributed by atoms with Crippen molar-refractivity contribution in [2.45, 2.75) is 123 Å². The molecule has 43 heavy (non-hydrogen) atoms. The van der Waals surface area contributed by atoms with Crippen molar-refractivity contribution in [3.8, 4) is 0 Å². The summed E-state index contributed by atoms with van der Waals surface area (Å²) in [7, 11) is 1.61. The van der Waals surface area contributed by atoms with E-state index in [1.165, 1.54) is 0 Å². The van der Waals surface area contributed by atoms with Gasteiger partial charge in [0.15, 0.2) is 18.9 Å². The number of rotatable bonds is 10. The Balaban J connectivity index is 1.52. The van der Waals surface area contributed by atoms with Gasteiger partial charge in [0.25, 0.3) is 0 Å². The van der Waals surface area contributed by atoms with Crippen LogP contribution in [0.1, 0.15) is 6.42 Å². The molecule has 3 heterocycles. The average Bonchev–Trinajstić information content (AvgIpc) is 3.30. The molecule has 0 radical (unpaired) electrons. The van der Waals surface area contributed by atoms with E-state index in [1.807, 2.05) is 0 Å². The molecule has 1 saturated carbocycles. The van der Waals surface area contributed by atoms with Crippen molar-refractivity contribution in [2.24, 2.45) is 22.9 Å². The fourth-order valence-electron chi connectivity index (χ4n) is 5.94. The predicted molar refractivity (Wildman–Crippen MR) is 141 cm³/mol. The Labute approximate surface area is 247 Å². The van der Waals surface area contributed by atoms with Crippen LogP contribution < -0.4 is 28.3 Å². The zero-order valence-corrected chi connectivity index (χ0v) is 23.6. The zero-order chi connectivity index (χ0) is 31.7. The molecule has 0 aromatic heterocycles. The summed E-state index contributed by atoms with van der Waals surface area (Å²) >= 11 is 0. The third-order valence-electron chi connectivity index (χ3n) is 8.65. The molecule has 0 spiro atoms. The molecule has 4 fully saturated rings. The minimum atomic E-state index is -1.60. The van der Waals surface area contributed by atoms with Crippen molar-refractivity contribution in [3.05, 3.63) is 0 Å². The summed E-state index contributed by atoms with van der Waals surface area (Å²) in [4.78, 5) is 0. The molecule has 0 amide bonds. The van der Waals surface area contributed by atoms with Gasteiger partial charge in [-0.25, -0.2) is 0 Å². The molecule has 19 nitrogen and oxygen atoms in total. The number of aliphatic hydroxyl groups is 8. The highest BCUT2D eigenvalue weighted by Gasteiger charge is 2.54. The molecule has 0 bridgehead atoms. The Hall–Kier alpha value is -0.760. The average molecular weight is 630 g/mol. The summed E-state index contributed by atoms with van der Waals surface area (Å²) in [6.45, 7) is -1.45. The van der Waals surface area contributed by atoms with Crippen molar-refractivity contribution < 1.29 is 69.3 Å². The minimum absolute atomic E-state index is 0.166. The minimum Gasteiger partial charge on any atom is -0.394 e. The Morgan fingerprint density at radius 3 is 1.65 bits per heavy atom. The van der Waals surface area contributed by atoms with Crippen molar-refractivity contribution in [1.82, 2.24) is 5.32 Å². The van der Waals surface area contributed by atoms with Crippen LogP contribution in [0.5, 0.6) is 0 Å². The van der Waals surface area contributed by atoms with Gasteiger partial charge in [-0.15, -0.1) is 0 Å². The summed E-state index contributed by atoms with van der Waals surface area (Å²) in [5.74, 6) is 0. The van der Waals surface area contributed by atoms with Gasteiger partial charge in [-0.2, -0.15) is 0 Å². The molecule has 4 aliphatic rings. The fourth-order valence-corrected chi connectivity index (χ4v) is 5.94. The van der Waals surface area contributed by atoms with E-state index < -0.39 is 129 Å². The standard InChI is InChI=1S/C24H47N5O14/c1-29-7-2-6(26)13(32)21(19(7)41-23-12(28)17(36)15(34)9(4-30)39-23)43-24-18(37)20(10(5-31)40-24)42-22-11(27)16(35)14(33)8(3-25)38-22/h6-24,29-37H,2-5,25-28H2,1H3. The molecule has 0 aromatic rings. The molecule has 3 aliphatic heterocycles. The third kappa shape index (κ3) is 7.00. The second-order valence-electron chi connectivity index (χ2n) is 11.4. The molecule has 3 saturated heterocycles. The van der Waals surface area contributed by atoms with Gasteiger partial charge in [0, 0.05) is 18.6 Å². The van der Waals surface area contributed by atoms with Crippen LogP contribution in [0.4, 0.5) is 0 Å². The highest BCUT2D eigenvalue weighted by atomic mass is 16.8. The molecule has 19 heteroatoms. The number of nitrogens with one attached hydrogen (secondary N) is 1. The number of hydrogen-bond acceptors (Lipinski definition) is 19. The first kappa shape index (κ1) is 35.1. The lowest BCUT2D eigenvalue weighted by atomic mass is 9.83. The molecule has 1 aliphatic carbocycles. The first-order chi connectivity index (χ1) is 20.4. The van der Waals surface area contributed by atoms with Crippen LogP contribution in [0.15, 0.2) is 0 Å². The van der Waals surface area contributed by atoms with Crippen molar-refractivity contribution in [1.29, 1.82) is 0 Å². The Bertz CT molecular complexity index is 882. The Morgan fingerprint density at radius 1 is 0.628 bits per heavy atom. The number of nitrogens with two attached hydrogens (primary N) is 4. The van der Waals surface area contributed by atoms with Crippen LogP contribution >= 0.6 is 0 Å². The molecule has 19 atom stereocenters. The van der Waals surface area contributed by atoms with Gasteiger partial charge in [-0.05, 0) is 13.5 Å². The lowest BCUT2D eigenvalue weighted by Gasteiger charge is -2.48. The van der Waals surface area contributed by atoms with E-state index in [1.54, 1.807) is 7.05 Å². The van der Waals surface area contributed by atoms with E-state index in [0.717, 1.165) is 0 Å². The van der Waals surface area contributed by atoms with Crippen LogP contribution in [0.3, 0.4) is 0 Å². The van der Waals surface area contributed by atoms with Crippen LogP contribution in [-0.2, 0) is 28.4 Å². The van der Waals surface area contributed by atoms with Crippen LogP contribution in [0.25, 0.3) is 0 Å². The largest absolute Gasteiger partial charge is 0.394 e. The predicted octanol–water partition coefficient (Wildman–Crippen LogP) is -8.60. The SMILES string of the molecule is CNC1CC(N)C(O)C(OC2OC(CO)C(OC3OC(CN)C(O)C(O)C3N)C2O)C1OC1OC(CO)C(O)C(O)C1N. The maximum Gasteiger partial charge on any atom is 0.187 e. The summed E-state index contributed by atoms with van der Waals surface area (Å²) in [6.07, 6.45) is -19.9. The van der Waals surface area contributed by atoms with Crippen molar-refractivity contribution in [3.63, 3.8) is 0 Å². The zero-order valence-electron chi connectivity index (χ0n) is 23.6. The summed E-state index contributed by atoms with van der Waals surface area (Å²) in [5, 5.41) is 85.8. The van der Waals surface area contributed by atoms with Gasteiger partial charge in [0.05, 0.1) is 31.4 Å². The van der Waals surface area contributed by atoms with E-state index >= 15 is 0 Å². The second-order valence-corrected chi connectivity index (χ2v) is 11.4. The first-order valence-electron chi connectivity index (χ1n) is 14.2. The molecule has 4 rings (SSSR count). The van der Waals surface area contributed by atoms with Gasteiger partial charge < -0.3 is 97.5 Å². The van der Waals surface area contributed by atoms with Crippen molar-refractivity contribution in [2.75, 3.05) is 26.8 Å². The summed E-state index contributed by atoms with van der Waals surface area (Å²) in [5.41, 5.74) is 23.8. The summed E-state index contributed by atoms with van der Waals surface area (Å²) < 4.78 is 34.8. The highest BCUT2D eigenvalue weighted by molar-refractivity contribution is 5.02. The van der Waals surface area contributed by atoms with E-state index in [-0.39, 0.29) is 13.0 Å². The molecule has 17 N–H and O–H groups in total. The maximum absolute atomic E-state index is 11.2. The number of likely N-dealkylation sites (N-methyl/N-ethyl adjacent to an activating group) is 1. The normalized spacial score (nSPS) is 52.8. The molecular weight excluding hydrogens is 582 g/mol. The van der Waals surface area contributed by atoms with Gasteiger partial charge in [-0.3, -0.25) is 0 Å². The highest BCUT2D eigenvalue weighted by Crippen LogP contribution is 2.34. The van der Waals surface area contributed by atoms with Crippen LogP contribution in [-0.4, -0.2) is 184 Å². The molecular formula is C24H47N5O14. The van der Waals surface area contributed by atoms with Gasteiger partial charge in [-0.1, -0.05) is 0 Å². The quantitative estimate of drug-likeness (QED) is 0.107. The maximum atomic E-state index is 11.2. The van der Waals surface area contributed by atoms with Crippen LogP contribution in [0, 0.1) is 0 Å². The first-order valence-corrected chi connectivity index (χ1v) is 14.2. The van der Waals surface area contributed by atoms with Gasteiger partial charge >= 0.3 is 0 Å². The fraction of sp³-hybridized carbons (Fsp3) is 1.00. The van der Waals surface area contributed by atoms with E-state index in [4.69, 9.17) is 51.4 Å². The second kappa shape index (κ2) is 14.8. The lowest BCUT2D eigenvalue weighted by Crippen LogP contribution is -2.68. The van der Waals surface area contributed by atoms with Gasteiger partial charge in [0.1, 0.15) is 67.1 Å². The Morgan fingerprint density at radius 2 is 1.12 bits per heavy atom. The van der Waals surface area contributed by atoms with E-state index in [0.29, 0.717) is 0 Å². The van der Waals surface area contributed by atoms with E-state index in [2.05, 4.69) is 5.32 Å². The van der Waals surface area contributed by atoms with E-state index in [9.17, 15) is 40.9 Å².